The van der Waals surface area contributed by atoms with Crippen LogP contribution in [0.15, 0.2) is 59.1 Å². The number of nitrogens with zero attached hydrogens (tertiary/aromatic N) is 1. The van der Waals surface area contributed by atoms with Crippen LogP contribution in [0.3, 0.4) is 0 Å². The fourth-order valence-electron chi connectivity index (χ4n) is 4.06. The molecule has 0 aliphatic heterocycles. The number of aryl methyl sites for hydroxylation is 1. The Bertz CT molecular complexity index is 810. The Hall–Kier alpha value is -2.15. The van der Waals surface area contributed by atoms with Crippen molar-refractivity contribution in [1.29, 1.82) is 0 Å². The van der Waals surface area contributed by atoms with E-state index in [9.17, 15) is 0 Å². The first kappa shape index (κ1) is 14.4. The summed E-state index contributed by atoms with van der Waals surface area (Å²) in [6.07, 6.45) is 4.30. The summed E-state index contributed by atoms with van der Waals surface area (Å²) in [5.74, 6) is 0.647. The molecule has 4 rings (SSSR count). The molecule has 1 unspecified atom stereocenters. The molecule has 1 atom stereocenters. The van der Waals surface area contributed by atoms with Gasteiger partial charge in [-0.25, -0.2) is 0 Å². The van der Waals surface area contributed by atoms with E-state index in [1.165, 1.54) is 28.8 Å². The van der Waals surface area contributed by atoms with Crippen LogP contribution < -0.4 is 0 Å². The Labute approximate surface area is 138 Å². The molecule has 0 N–H and O–H groups in total. The minimum atomic E-state index is 0.647. The lowest BCUT2D eigenvalue weighted by Crippen LogP contribution is -2.10. The Morgan fingerprint density at radius 3 is 2.65 bits per heavy atom. The number of hydrogen-bond donors (Lipinski definition) is 0. The van der Waals surface area contributed by atoms with E-state index >= 15 is 0 Å². The maximum absolute atomic E-state index is 5.04. The Balaban J connectivity index is 1.70. The molecule has 23 heavy (non-hydrogen) atoms. The van der Waals surface area contributed by atoms with E-state index in [1.807, 2.05) is 0 Å². The molecule has 0 radical (unpaired) electrons. The van der Waals surface area contributed by atoms with Crippen molar-refractivity contribution in [1.82, 2.24) is 0 Å². The van der Waals surface area contributed by atoms with Crippen molar-refractivity contribution in [3.63, 3.8) is 0 Å². The highest BCUT2D eigenvalue weighted by Crippen LogP contribution is 2.43. The smallest absolute Gasteiger partial charge is 0.0661 e. The summed E-state index contributed by atoms with van der Waals surface area (Å²) >= 11 is 0. The van der Waals surface area contributed by atoms with E-state index in [-0.39, 0.29) is 0 Å². The van der Waals surface area contributed by atoms with Gasteiger partial charge in [-0.1, -0.05) is 61.9 Å². The minimum absolute atomic E-state index is 0.647. The maximum Gasteiger partial charge on any atom is 0.0661 e. The maximum atomic E-state index is 5.04. The second kappa shape index (κ2) is 5.81. The number of para-hydroxylation sites is 1. The SMILES string of the molecule is CCc1ccccc1N=C1CC2=C(C1)C(C)Cc1ccccc12. The molecule has 0 amide bonds. The van der Waals surface area contributed by atoms with Crippen LogP contribution in [0.2, 0.25) is 0 Å². The Morgan fingerprint density at radius 1 is 1.00 bits per heavy atom. The van der Waals surface area contributed by atoms with Gasteiger partial charge in [0.25, 0.3) is 0 Å². The van der Waals surface area contributed by atoms with Crippen molar-refractivity contribution in [2.24, 2.45) is 10.9 Å². The van der Waals surface area contributed by atoms with Crippen molar-refractivity contribution < 1.29 is 0 Å². The summed E-state index contributed by atoms with van der Waals surface area (Å²) in [4.78, 5) is 5.04. The summed E-state index contributed by atoms with van der Waals surface area (Å²) in [5, 5.41) is 0. The average Bonchev–Trinajstić information content (AvgIpc) is 3.00. The Morgan fingerprint density at radius 2 is 1.78 bits per heavy atom. The van der Waals surface area contributed by atoms with Crippen LogP contribution in [0.25, 0.3) is 5.57 Å². The van der Waals surface area contributed by atoms with Gasteiger partial charge in [-0.05, 0) is 47.1 Å². The number of rotatable bonds is 2. The molecule has 1 nitrogen and oxygen atoms in total. The van der Waals surface area contributed by atoms with E-state index in [1.54, 1.807) is 11.1 Å². The molecule has 0 saturated carbocycles. The number of aliphatic imine (C=N–C) groups is 1. The summed E-state index contributed by atoms with van der Waals surface area (Å²) in [7, 11) is 0. The molecular weight excluding hydrogens is 278 g/mol. The van der Waals surface area contributed by atoms with Gasteiger partial charge in [0.2, 0.25) is 0 Å². The third-order valence-corrected chi connectivity index (χ3v) is 5.28. The summed E-state index contributed by atoms with van der Waals surface area (Å²) in [5.41, 5.74) is 9.98. The van der Waals surface area contributed by atoms with Crippen LogP contribution in [-0.4, -0.2) is 5.71 Å². The predicted molar refractivity (Wildman–Crippen MR) is 98.4 cm³/mol. The van der Waals surface area contributed by atoms with E-state index in [0.29, 0.717) is 5.92 Å². The van der Waals surface area contributed by atoms with Crippen LogP contribution in [0.4, 0.5) is 5.69 Å². The zero-order valence-electron chi connectivity index (χ0n) is 14.0. The van der Waals surface area contributed by atoms with Gasteiger partial charge < -0.3 is 0 Å². The summed E-state index contributed by atoms with van der Waals surface area (Å²) in [6.45, 7) is 4.57. The quantitative estimate of drug-likeness (QED) is 0.668. The first-order valence-electron chi connectivity index (χ1n) is 8.70. The molecular formula is C22H23N. The van der Waals surface area contributed by atoms with Gasteiger partial charge >= 0.3 is 0 Å². The lowest BCUT2D eigenvalue weighted by molar-refractivity contribution is 0.662. The highest BCUT2D eigenvalue weighted by molar-refractivity contribution is 6.04. The zero-order valence-corrected chi connectivity index (χ0v) is 14.0. The highest BCUT2D eigenvalue weighted by atomic mass is 14.8. The largest absolute Gasteiger partial charge is 0.257 e. The number of allylic oxidation sites excluding steroid dienone is 2. The second-order valence-corrected chi connectivity index (χ2v) is 6.78. The number of hydrogen-bond acceptors (Lipinski definition) is 1. The fourth-order valence-corrected chi connectivity index (χ4v) is 4.06. The molecule has 2 aromatic carbocycles. The second-order valence-electron chi connectivity index (χ2n) is 6.78. The van der Waals surface area contributed by atoms with Crippen LogP contribution in [0.5, 0.6) is 0 Å². The van der Waals surface area contributed by atoms with Crippen molar-refractivity contribution in [3.05, 3.63) is 70.8 Å². The third-order valence-electron chi connectivity index (χ3n) is 5.28. The van der Waals surface area contributed by atoms with Gasteiger partial charge in [0, 0.05) is 18.6 Å². The van der Waals surface area contributed by atoms with Crippen molar-refractivity contribution in [2.45, 2.75) is 39.5 Å². The van der Waals surface area contributed by atoms with Gasteiger partial charge in [0.05, 0.1) is 5.69 Å². The standard InChI is InChI=1S/C22H23N/c1-3-16-8-5-7-11-22(16)23-18-13-20-15(2)12-17-9-4-6-10-19(17)21(20)14-18/h4-11,15H,3,12-14H2,1-2H3. The topological polar surface area (TPSA) is 12.4 Å². The van der Waals surface area contributed by atoms with Gasteiger partial charge in [-0.2, -0.15) is 0 Å². The van der Waals surface area contributed by atoms with E-state index in [4.69, 9.17) is 4.99 Å². The molecule has 0 heterocycles. The van der Waals surface area contributed by atoms with E-state index < -0.39 is 0 Å². The molecule has 0 fully saturated rings. The lowest BCUT2D eigenvalue weighted by atomic mass is 9.81. The first-order valence-corrected chi connectivity index (χ1v) is 8.70. The van der Waals surface area contributed by atoms with Crippen LogP contribution >= 0.6 is 0 Å². The number of benzene rings is 2. The molecule has 2 aliphatic rings. The highest BCUT2D eigenvalue weighted by Gasteiger charge is 2.30. The van der Waals surface area contributed by atoms with E-state index in [2.05, 4.69) is 62.4 Å². The van der Waals surface area contributed by atoms with Gasteiger partial charge in [-0.3, -0.25) is 4.99 Å². The van der Waals surface area contributed by atoms with Crippen molar-refractivity contribution in [3.8, 4) is 0 Å². The number of fused-ring (bicyclic) bond motifs is 2. The van der Waals surface area contributed by atoms with Crippen molar-refractivity contribution in [2.75, 3.05) is 0 Å². The summed E-state index contributed by atoms with van der Waals surface area (Å²) < 4.78 is 0. The molecule has 0 bridgehead atoms. The molecule has 116 valence electrons. The van der Waals surface area contributed by atoms with Crippen molar-refractivity contribution >= 4 is 17.0 Å². The Kier molecular flexibility index (Phi) is 3.65. The third kappa shape index (κ3) is 2.55. The normalized spacial score (nSPS) is 21.5. The molecule has 0 saturated heterocycles. The molecule has 2 aromatic rings. The predicted octanol–water partition coefficient (Wildman–Crippen LogP) is 5.76. The lowest BCUT2D eigenvalue weighted by Gasteiger charge is -2.24. The minimum Gasteiger partial charge on any atom is -0.257 e. The fraction of sp³-hybridized carbons (Fsp3) is 0.318. The van der Waals surface area contributed by atoms with E-state index in [0.717, 1.165) is 24.9 Å². The van der Waals surface area contributed by atoms with Crippen LogP contribution in [0, 0.1) is 5.92 Å². The molecule has 0 spiro atoms. The van der Waals surface area contributed by atoms with Gasteiger partial charge in [0.1, 0.15) is 0 Å². The first-order chi connectivity index (χ1) is 11.3. The average molecular weight is 301 g/mol. The van der Waals surface area contributed by atoms with Crippen LogP contribution in [-0.2, 0) is 12.8 Å². The zero-order chi connectivity index (χ0) is 15.8. The van der Waals surface area contributed by atoms with Gasteiger partial charge in [-0.15, -0.1) is 0 Å². The molecule has 1 heteroatoms. The van der Waals surface area contributed by atoms with Gasteiger partial charge in [0.15, 0.2) is 0 Å². The summed E-state index contributed by atoms with van der Waals surface area (Å²) in [6, 6.07) is 17.5. The molecule has 2 aliphatic carbocycles. The van der Waals surface area contributed by atoms with Crippen LogP contribution in [0.1, 0.15) is 43.4 Å². The molecule has 0 aromatic heterocycles. The monoisotopic (exact) mass is 301 g/mol.